The first kappa shape index (κ1) is 27.5. The number of methoxy groups -OCH3 is 1. The lowest BCUT2D eigenvalue weighted by Gasteiger charge is -2.35. The molecule has 0 radical (unpaired) electrons. The van der Waals surface area contributed by atoms with E-state index in [0.717, 1.165) is 0 Å². The van der Waals surface area contributed by atoms with Gasteiger partial charge in [-0.05, 0) is 26.2 Å². The van der Waals surface area contributed by atoms with E-state index in [0.29, 0.717) is 7.11 Å². The van der Waals surface area contributed by atoms with Gasteiger partial charge in [0.1, 0.15) is 0 Å². The van der Waals surface area contributed by atoms with E-state index in [1.165, 1.54) is 20.8 Å². The second-order valence-corrected chi connectivity index (χ2v) is 7.88. The van der Waals surface area contributed by atoms with Gasteiger partial charge >= 0.3 is 39.3 Å². The minimum Gasteiger partial charge on any atom is -0.464 e. The topological polar surface area (TPSA) is 116 Å². The average molecular weight is 458 g/mol. The Morgan fingerprint density at radius 3 is 1.83 bits per heavy atom. The van der Waals surface area contributed by atoms with Gasteiger partial charge in [-0.25, -0.2) is 4.79 Å². The van der Waals surface area contributed by atoms with Crippen molar-refractivity contribution in [3.63, 3.8) is 0 Å². The van der Waals surface area contributed by atoms with E-state index in [1.807, 2.05) is 0 Å². The molecule has 14 heteroatoms. The summed E-state index contributed by atoms with van der Waals surface area (Å²) in [5.41, 5.74) is -1.41. The monoisotopic (exact) mass is 458 g/mol. The number of esters is 2. The minimum absolute atomic E-state index is 0.0536. The zero-order valence-corrected chi connectivity index (χ0v) is 17.0. The van der Waals surface area contributed by atoms with Crippen LogP contribution >= 0.6 is 0 Å². The average Bonchev–Trinajstić information content (AvgIpc) is 2.60. The van der Waals surface area contributed by atoms with Crippen LogP contribution in [0, 0.1) is 5.41 Å². The molecule has 172 valence electrons. The van der Waals surface area contributed by atoms with Crippen molar-refractivity contribution in [2.45, 2.75) is 63.7 Å². The maximum atomic E-state index is 13.6. The Morgan fingerprint density at radius 1 is 1.00 bits per heavy atom. The molecule has 0 aliphatic carbocycles. The van der Waals surface area contributed by atoms with Crippen molar-refractivity contribution in [2.75, 3.05) is 13.7 Å². The van der Waals surface area contributed by atoms with Crippen LogP contribution in [0.1, 0.15) is 46.5 Å². The molecule has 0 bridgehead atoms. The van der Waals surface area contributed by atoms with Crippen LogP contribution in [0.5, 0.6) is 0 Å². The molecule has 1 atom stereocenters. The lowest BCUT2D eigenvalue weighted by atomic mass is 9.85. The van der Waals surface area contributed by atoms with Crippen LogP contribution in [-0.4, -0.2) is 55.8 Å². The highest BCUT2D eigenvalue weighted by Crippen LogP contribution is 2.40. The first-order valence-corrected chi connectivity index (χ1v) is 9.75. The molecule has 0 fully saturated rings. The second kappa shape index (κ2) is 9.51. The molecule has 0 spiro atoms. The number of ether oxygens (including phenoxy) is 3. The Morgan fingerprint density at radius 2 is 1.48 bits per heavy atom. The molecule has 1 N–H and O–H groups in total. The highest BCUT2D eigenvalue weighted by molar-refractivity contribution is 7.86. The number of rotatable bonds is 11. The summed E-state index contributed by atoms with van der Waals surface area (Å²) in [6.07, 6.45) is -8.20. The number of alkyl halides is 5. The van der Waals surface area contributed by atoms with Crippen LogP contribution in [0.15, 0.2) is 0 Å². The number of hydrogen-bond acceptors (Lipinski definition) is 7. The molecule has 0 aliphatic rings. The highest BCUT2D eigenvalue weighted by atomic mass is 32.2. The normalized spacial score (nSPS) is 15.5. The van der Waals surface area contributed by atoms with Crippen molar-refractivity contribution in [2.24, 2.45) is 5.41 Å². The fourth-order valence-electron chi connectivity index (χ4n) is 1.94. The van der Waals surface area contributed by atoms with Crippen molar-refractivity contribution in [1.82, 2.24) is 0 Å². The van der Waals surface area contributed by atoms with E-state index >= 15 is 0 Å². The van der Waals surface area contributed by atoms with Gasteiger partial charge in [-0.2, -0.15) is 30.4 Å². The molecule has 8 nitrogen and oxygen atoms in total. The lowest BCUT2D eigenvalue weighted by Crippen LogP contribution is -2.59. The van der Waals surface area contributed by atoms with E-state index in [2.05, 4.69) is 14.2 Å². The van der Waals surface area contributed by atoms with Crippen molar-refractivity contribution in [3.8, 4) is 0 Å². The molecule has 0 saturated heterocycles. The van der Waals surface area contributed by atoms with Gasteiger partial charge in [-0.3, -0.25) is 9.35 Å². The zero-order chi connectivity index (χ0) is 23.3. The first-order valence-electron chi connectivity index (χ1n) is 8.31. The molecule has 0 rings (SSSR count). The van der Waals surface area contributed by atoms with Crippen molar-refractivity contribution < 1.29 is 58.7 Å². The Kier molecular flexibility index (Phi) is 9.01. The number of hydrogen-bond donors (Lipinski definition) is 1. The molecular weight excluding hydrogens is 435 g/mol. The van der Waals surface area contributed by atoms with Crippen molar-refractivity contribution in [1.29, 1.82) is 0 Å². The molecule has 0 aromatic heterocycles. The van der Waals surface area contributed by atoms with Gasteiger partial charge in [0, 0.05) is 6.42 Å². The van der Waals surface area contributed by atoms with Gasteiger partial charge in [0.05, 0.1) is 19.1 Å². The molecule has 0 aliphatic heterocycles. The van der Waals surface area contributed by atoms with Gasteiger partial charge in [0.25, 0.3) is 0 Å². The fourth-order valence-corrected chi connectivity index (χ4v) is 2.34. The SMILES string of the molecule is CCC(C)(CC)C(=O)OC(OCCCC(F)(F)S(=O)(=O)O)(C(=O)OC)C(F)(F)F. The Balaban J connectivity index is 5.73. The third-order valence-electron chi connectivity index (χ3n) is 4.41. The maximum Gasteiger partial charge on any atom is 0.468 e. The van der Waals surface area contributed by atoms with E-state index in [4.69, 9.17) is 4.55 Å². The number of carbonyl (C=O) groups is 2. The highest BCUT2D eigenvalue weighted by Gasteiger charge is 2.68. The quantitative estimate of drug-likeness (QED) is 0.165. The van der Waals surface area contributed by atoms with E-state index in [-0.39, 0.29) is 12.8 Å². The molecule has 0 saturated carbocycles. The summed E-state index contributed by atoms with van der Waals surface area (Å²) in [6, 6.07) is 0. The molecule has 0 aromatic rings. The maximum absolute atomic E-state index is 13.6. The largest absolute Gasteiger partial charge is 0.468 e. The molecule has 0 heterocycles. The summed E-state index contributed by atoms with van der Waals surface area (Å²) in [5.74, 6) is -7.83. The Labute approximate surface area is 164 Å². The predicted molar refractivity (Wildman–Crippen MR) is 87.3 cm³/mol. The number of carbonyl (C=O) groups excluding carboxylic acids is 2. The van der Waals surface area contributed by atoms with Gasteiger partial charge in [-0.15, -0.1) is 0 Å². The number of halogens is 5. The van der Waals surface area contributed by atoms with E-state index < -0.39 is 64.1 Å². The summed E-state index contributed by atoms with van der Waals surface area (Å²) >= 11 is 0. The van der Waals surface area contributed by atoms with E-state index in [9.17, 15) is 40.0 Å². The molecule has 1 unspecified atom stereocenters. The lowest BCUT2D eigenvalue weighted by molar-refractivity contribution is -0.357. The van der Waals surface area contributed by atoms with Crippen LogP contribution in [0.2, 0.25) is 0 Å². The van der Waals surface area contributed by atoms with Gasteiger partial charge in [0.15, 0.2) is 0 Å². The molecular formula is C15H23F5O8S. The van der Waals surface area contributed by atoms with Crippen molar-refractivity contribution >= 4 is 22.1 Å². The summed E-state index contributed by atoms with van der Waals surface area (Å²) in [6.45, 7) is 3.01. The Hall–Kier alpha value is -1.54. The Bertz CT molecular complexity index is 687. The third-order valence-corrected chi connectivity index (χ3v) is 5.37. The van der Waals surface area contributed by atoms with Crippen LogP contribution in [0.25, 0.3) is 0 Å². The zero-order valence-electron chi connectivity index (χ0n) is 16.1. The molecule has 0 aromatic carbocycles. The van der Waals surface area contributed by atoms with E-state index in [1.54, 1.807) is 0 Å². The third kappa shape index (κ3) is 6.22. The van der Waals surface area contributed by atoms with Gasteiger partial charge in [-0.1, -0.05) is 13.8 Å². The predicted octanol–water partition coefficient (Wildman–Crippen LogP) is 3.06. The minimum atomic E-state index is -5.80. The van der Waals surface area contributed by atoms with Crippen LogP contribution in [0.3, 0.4) is 0 Å². The summed E-state index contributed by atoms with van der Waals surface area (Å²) in [4.78, 5) is 24.1. The second-order valence-electron chi connectivity index (χ2n) is 6.33. The smallest absolute Gasteiger partial charge is 0.464 e. The summed E-state index contributed by atoms with van der Waals surface area (Å²) in [7, 11) is -5.24. The summed E-state index contributed by atoms with van der Waals surface area (Å²) in [5, 5.41) is -4.65. The van der Waals surface area contributed by atoms with Crippen LogP contribution in [-0.2, 0) is 33.9 Å². The molecule has 29 heavy (non-hydrogen) atoms. The molecule has 0 amide bonds. The van der Waals surface area contributed by atoms with Crippen LogP contribution in [0.4, 0.5) is 22.0 Å². The van der Waals surface area contributed by atoms with Gasteiger partial charge in [0.2, 0.25) is 0 Å². The van der Waals surface area contributed by atoms with Crippen LogP contribution < -0.4 is 0 Å². The fraction of sp³-hybridized carbons (Fsp3) is 0.867. The standard InChI is InChI=1S/C15H23F5O8S/c1-5-12(3,6-2)10(21)28-14(11(22)26-4,15(18,19)20)27-9-7-8-13(16,17)29(23,24)25/h5-9H2,1-4H3,(H,23,24,25). The van der Waals surface area contributed by atoms with Gasteiger partial charge < -0.3 is 14.2 Å². The van der Waals surface area contributed by atoms with Crippen molar-refractivity contribution in [3.05, 3.63) is 0 Å². The first-order chi connectivity index (χ1) is 12.9. The summed E-state index contributed by atoms with van der Waals surface area (Å²) < 4.78 is 109.